The summed E-state index contributed by atoms with van der Waals surface area (Å²) >= 11 is 0.953. The number of hydrogen-bond donors (Lipinski definition) is 3. The van der Waals surface area contributed by atoms with E-state index in [0.29, 0.717) is 38.4 Å². The Morgan fingerprint density at radius 1 is 1.12 bits per heavy atom. The van der Waals surface area contributed by atoms with Crippen LogP contribution in [0.1, 0.15) is 25.7 Å². The van der Waals surface area contributed by atoms with Crippen LogP contribution in [0.3, 0.4) is 0 Å². The van der Waals surface area contributed by atoms with Crippen LogP contribution >= 0.6 is 11.3 Å². The maximum Gasteiger partial charge on any atom is 0.319 e. The summed E-state index contributed by atoms with van der Waals surface area (Å²) in [6.07, 6.45) is 1.42. The topological polar surface area (TPSA) is 155 Å². The highest BCUT2D eigenvalue weighted by molar-refractivity contribution is 7.22. The van der Waals surface area contributed by atoms with E-state index in [0.717, 1.165) is 30.7 Å². The van der Waals surface area contributed by atoms with Crippen LogP contribution < -0.4 is 26.4 Å². The van der Waals surface area contributed by atoms with Gasteiger partial charge in [-0.15, -0.1) is 0 Å². The molecular weight excluding hydrogens is 581 g/mol. The highest BCUT2D eigenvalue weighted by Gasteiger charge is 2.49. The number of nitrogen functional groups attached to an aromatic ring is 2. The molecule has 0 spiro atoms. The van der Waals surface area contributed by atoms with Crippen LogP contribution in [0.4, 0.5) is 29.9 Å². The average Bonchev–Trinajstić information content (AvgIpc) is 3.65. The zero-order valence-corrected chi connectivity index (χ0v) is 23.9. The molecule has 3 saturated heterocycles. The van der Waals surface area contributed by atoms with E-state index in [-0.39, 0.29) is 68.4 Å². The first-order valence-corrected chi connectivity index (χ1v) is 15.0. The van der Waals surface area contributed by atoms with Crippen molar-refractivity contribution in [3.63, 3.8) is 0 Å². The van der Waals surface area contributed by atoms with Crippen molar-refractivity contribution in [2.24, 2.45) is 0 Å². The molecule has 0 bridgehead atoms. The number of pyridine rings is 1. The van der Waals surface area contributed by atoms with E-state index in [1.165, 1.54) is 12.1 Å². The Hall–Kier alpha value is -4.00. The van der Waals surface area contributed by atoms with Gasteiger partial charge in [-0.25, -0.2) is 23.1 Å². The normalized spacial score (nSPS) is 24.1. The molecular formula is C28H29F3N10OS. The second-order valence-electron chi connectivity index (χ2n) is 11.4. The standard InChI is InChI=1S/C28H29F3N10OS/c29-14-10-28(5-1-8-41(28)11-14)13-42-27-38-21-19(31)18(16-2-3-17(30)23-20(16)37-26(34)43-23)24(33)36-22(21)25(39-27)40-9-7-35-15(12-40)4-6-32/h2-3,14-15,35H,1,4-5,7-13H2,(H2,33,36)(H2,34,37)/t14-,15+,28+/m1/s1. The lowest BCUT2D eigenvalue weighted by molar-refractivity contribution is 0.107. The summed E-state index contributed by atoms with van der Waals surface area (Å²) in [5, 5.41) is 12.7. The zero-order chi connectivity index (χ0) is 29.9. The molecule has 3 aliphatic rings. The number of anilines is 3. The summed E-state index contributed by atoms with van der Waals surface area (Å²) in [6.45, 7) is 2.81. The first-order valence-electron chi connectivity index (χ1n) is 14.1. The molecule has 3 aromatic heterocycles. The van der Waals surface area contributed by atoms with Gasteiger partial charge in [-0.05, 0) is 31.5 Å². The minimum atomic E-state index is -0.936. The quantitative estimate of drug-likeness (QED) is 0.294. The second-order valence-corrected chi connectivity index (χ2v) is 12.4. The Morgan fingerprint density at radius 3 is 2.81 bits per heavy atom. The second kappa shape index (κ2) is 10.6. The number of ether oxygens (including phenoxy) is 1. The third kappa shape index (κ3) is 4.73. The fourth-order valence-electron chi connectivity index (χ4n) is 6.73. The molecule has 4 aromatic rings. The van der Waals surface area contributed by atoms with Gasteiger partial charge < -0.3 is 26.4 Å². The number of piperazine rings is 1. The molecule has 1 aromatic carbocycles. The van der Waals surface area contributed by atoms with E-state index in [1.807, 2.05) is 4.90 Å². The summed E-state index contributed by atoms with van der Waals surface area (Å²) < 4.78 is 51.9. The van der Waals surface area contributed by atoms with Gasteiger partial charge in [0.15, 0.2) is 16.8 Å². The van der Waals surface area contributed by atoms with E-state index in [4.69, 9.17) is 16.2 Å². The molecule has 3 fully saturated rings. The first-order chi connectivity index (χ1) is 20.8. The number of fused-ring (bicyclic) bond motifs is 3. The van der Waals surface area contributed by atoms with Crippen molar-refractivity contribution in [1.29, 1.82) is 5.26 Å². The molecule has 3 aliphatic heterocycles. The molecule has 0 radical (unpaired) electrons. The highest BCUT2D eigenvalue weighted by Crippen LogP contribution is 2.42. The van der Waals surface area contributed by atoms with Crippen molar-refractivity contribution in [2.75, 3.05) is 55.7 Å². The van der Waals surface area contributed by atoms with Crippen molar-refractivity contribution in [3.8, 4) is 23.2 Å². The summed E-state index contributed by atoms with van der Waals surface area (Å²) in [5.74, 6) is -1.15. The molecule has 0 saturated carbocycles. The molecule has 0 unspecified atom stereocenters. The molecule has 3 atom stereocenters. The highest BCUT2D eigenvalue weighted by atomic mass is 32.1. The van der Waals surface area contributed by atoms with Crippen molar-refractivity contribution in [2.45, 2.75) is 43.4 Å². The van der Waals surface area contributed by atoms with E-state index in [2.05, 4.69) is 36.2 Å². The molecule has 11 nitrogen and oxygen atoms in total. The van der Waals surface area contributed by atoms with Crippen molar-refractivity contribution < 1.29 is 17.9 Å². The SMILES string of the molecule is N#CC[C@H]1CN(c2nc(OC[C@@]34CCCN3C[C@H](F)C4)nc3c(F)c(-c4ccc(F)c5sc(N)nc45)c(N)nc23)CCN1. The minimum Gasteiger partial charge on any atom is -0.461 e. The van der Waals surface area contributed by atoms with Crippen LogP contribution in [0.25, 0.3) is 32.4 Å². The number of nitrogens with one attached hydrogen (secondary N) is 1. The molecule has 0 aliphatic carbocycles. The number of rotatable bonds is 6. The number of benzene rings is 1. The maximum absolute atomic E-state index is 16.6. The Labute approximate surface area is 248 Å². The Morgan fingerprint density at radius 2 is 1.98 bits per heavy atom. The van der Waals surface area contributed by atoms with Crippen LogP contribution in [-0.2, 0) is 0 Å². The van der Waals surface area contributed by atoms with Gasteiger partial charge in [0, 0.05) is 44.2 Å². The number of halogens is 3. The van der Waals surface area contributed by atoms with E-state index < -0.39 is 23.3 Å². The fraction of sp³-hybridized carbons (Fsp3) is 0.464. The number of aromatic nitrogens is 4. The van der Waals surface area contributed by atoms with E-state index in [9.17, 15) is 14.0 Å². The molecule has 43 heavy (non-hydrogen) atoms. The van der Waals surface area contributed by atoms with Crippen molar-refractivity contribution in [3.05, 3.63) is 23.8 Å². The van der Waals surface area contributed by atoms with E-state index >= 15 is 4.39 Å². The summed E-state index contributed by atoms with van der Waals surface area (Å²) in [6, 6.07) is 4.57. The summed E-state index contributed by atoms with van der Waals surface area (Å²) in [7, 11) is 0. The van der Waals surface area contributed by atoms with Gasteiger partial charge in [-0.1, -0.05) is 11.3 Å². The lowest BCUT2D eigenvalue weighted by Crippen LogP contribution is -2.51. The van der Waals surface area contributed by atoms with Crippen LogP contribution in [0, 0.1) is 23.0 Å². The van der Waals surface area contributed by atoms with Crippen LogP contribution in [0.5, 0.6) is 6.01 Å². The van der Waals surface area contributed by atoms with Gasteiger partial charge >= 0.3 is 6.01 Å². The molecule has 5 N–H and O–H groups in total. The van der Waals surface area contributed by atoms with Crippen LogP contribution in [-0.4, -0.2) is 81.9 Å². The minimum absolute atomic E-state index is 0.0695. The Balaban J connectivity index is 1.36. The predicted octanol–water partition coefficient (Wildman–Crippen LogP) is 3.39. The molecule has 0 amide bonds. The molecule has 15 heteroatoms. The third-order valence-electron chi connectivity index (χ3n) is 8.67. The lowest BCUT2D eigenvalue weighted by atomic mass is 9.95. The molecule has 224 valence electrons. The monoisotopic (exact) mass is 610 g/mol. The number of nitrogens with zero attached hydrogens (tertiary/aromatic N) is 7. The van der Waals surface area contributed by atoms with Crippen molar-refractivity contribution >= 4 is 49.4 Å². The third-order valence-corrected chi connectivity index (χ3v) is 9.56. The Kier molecular flexibility index (Phi) is 6.87. The molecule has 6 heterocycles. The number of nitrogens with two attached hydrogens (primary N) is 2. The fourth-order valence-corrected chi connectivity index (χ4v) is 7.50. The molecule has 7 rings (SSSR count). The van der Waals surface area contributed by atoms with Gasteiger partial charge in [-0.3, -0.25) is 4.90 Å². The number of nitriles is 1. The van der Waals surface area contributed by atoms with Crippen molar-refractivity contribution in [1.82, 2.24) is 30.2 Å². The van der Waals surface area contributed by atoms with Crippen LogP contribution in [0.15, 0.2) is 12.1 Å². The maximum atomic E-state index is 16.6. The van der Waals surface area contributed by atoms with Crippen LogP contribution in [0.2, 0.25) is 0 Å². The first kappa shape index (κ1) is 27.8. The largest absolute Gasteiger partial charge is 0.461 e. The average molecular weight is 611 g/mol. The van der Waals surface area contributed by atoms with Gasteiger partial charge in [0.2, 0.25) is 0 Å². The number of thiazole rings is 1. The number of hydrogen-bond acceptors (Lipinski definition) is 12. The van der Waals surface area contributed by atoms with Gasteiger partial charge in [0.25, 0.3) is 0 Å². The van der Waals surface area contributed by atoms with Gasteiger partial charge in [0.1, 0.15) is 35.4 Å². The zero-order valence-electron chi connectivity index (χ0n) is 23.1. The lowest BCUT2D eigenvalue weighted by Gasteiger charge is -2.34. The van der Waals surface area contributed by atoms with Gasteiger partial charge in [0.05, 0.1) is 33.8 Å². The number of alkyl halides is 1. The van der Waals surface area contributed by atoms with E-state index in [1.54, 1.807) is 0 Å². The smallest absolute Gasteiger partial charge is 0.319 e. The Bertz CT molecular complexity index is 1780. The predicted molar refractivity (Wildman–Crippen MR) is 157 cm³/mol. The summed E-state index contributed by atoms with van der Waals surface area (Å²) in [5.41, 5.74) is 12.1. The summed E-state index contributed by atoms with van der Waals surface area (Å²) in [4.78, 5) is 21.9. The van der Waals surface area contributed by atoms with Gasteiger partial charge in [-0.2, -0.15) is 15.2 Å².